The standard InChI is InChI=1S/C17H20ClN3O5/c1-11-12(18)5-3-6-13(11)19-14(22)10-26-16(24)7-4-8-21-15(23)9-20(2)17(21)25/h3,5-6H,4,7-10H2,1-2H3,(H,19,22). The second kappa shape index (κ2) is 8.66. The highest BCUT2D eigenvalue weighted by Crippen LogP contribution is 2.22. The Bertz CT molecular complexity index is 737. The molecule has 0 bridgehead atoms. The summed E-state index contributed by atoms with van der Waals surface area (Å²) in [5, 5.41) is 3.14. The average Bonchev–Trinajstić information content (AvgIpc) is 2.83. The summed E-state index contributed by atoms with van der Waals surface area (Å²) in [7, 11) is 1.54. The maximum Gasteiger partial charge on any atom is 0.326 e. The van der Waals surface area contributed by atoms with Gasteiger partial charge in [0, 0.05) is 30.7 Å². The highest BCUT2D eigenvalue weighted by atomic mass is 35.5. The van der Waals surface area contributed by atoms with Gasteiger partial charge in [0.25, 0.3) is 5.91 Å². The van der Waals surface area contributed by atoms with Crippen molar-refractivity contribution in [1.29, 1.82) is 0 Å². The van der Waals surface area contributed by atoms with Crippen molar-refractivity contribution in [3.05, 3.63) is 28.8 Å². The molecule has 0 spiro atoms. The largest absolute Gasteiger partial charge is 0.456 e. The van der Waals surface area contributed by atoms with Gasteiger partial charge >= 0.3 is 12.0 Å². The van der Waals surface area contributed by atoms with Crippen LogP contribution in [0.15, 0.2) is 18.2 Å². The summed E-state index contributed by atoms with van der Waals surface area (Å²) >= 11 is 5.97. The first-order chi connectivity index (χ1) is 12.3. The maximum atomic E-state index is 11.9. The lowest BCUT2D eigenvalue weighted by Crippen LogP contribution is -2.32. The van der Waals surface area contributed by atoms with Crippen molar-refractivity contribution in [3.63, 3.8) is 0 Å². The number of nitrogens with zero attached hydrogens (tertiary/aromatic N) is 2. The summed E-state index contributed by atoms with van der Waals surface area (Å²) in [6, 6.07) is 4.73. The number of rotatable bonds is 7. The van der Waals surface area contributed by atoms with Gasteiger partial charge in [-0.25, -0.2) is 4.79 Å². The summed E-state index contributed by atoms with van der Waals surface area (Å²) in [6.45, 7) is 1.54. The number of ether oxygens (including phenoxy) is 1. The van der Waals surface area contributed by atoms with Crippen LogP contribution in [0.2, 0.25) is 5.02 Å². The van der Waals surface area contributed by atoms with Crippen molar-refractivity contribution in [3.8, 4) is 0 Å². The Morgan fingerprint density at radius 2 is 2.04 bits per heavy atom. The van der Waals surface area contributed by atoms with E-state index >= 15 is 0 Å². The predicted octanol–water partition coefficient (Wildman–Crippen LogP) is 1.80. The molecule has 1 aromatic carbocycles. The Morgan fingerprint density at radius 3 is 2.69 bits per heavy atom. The molecule has 1 aliphatic rings. The number of halogens is 1. The van der Waals surface area contributed by atoms with Crippen LogP contribution in [0.5, 0.6) is 0 Å². The number of carbonyl (C=O) groups excluding carboxylic acids is 4. The monoisotopic (exact) mass is 381 g/mol. The molecule has 26 heavy (non-hydrogen) atoms. The number of benzene rings is 1. The predicted molar refractivity (Wildman–Crippen MR) is 94.8 cm³/mol. The van der Waals surface area contributed by atoms with Crippen LogP contribution in [0.1, 0.15) is 18.4 Å². The van der Waals surface area contributed by atoms with Crippen molar-refractivity contribution in [2.75, 3.05) is 32.1 Å². The van der Waals surface area contributed by atoms with Gasteiger partial charge in [0.15, 0.2) is 6.61 Å². The van der Waals surface area contributed by atoms with E-state index in [0.717, 1.165) is 10.5 Å². The molecule has 1 aliphatic heterocycles. The van der Waals surface area contributed by atoms with Crippen molar-refractivity contribution >= 4 is 41.1 Å². The first-order valence-corrected chi connectivity index (χ1v) is 8.43. The fraction of sp³-hybridized carbons (Fsp3) is 0.412. The number of anilines is 1. The van der Waals surface area contributed by atoms with Gasteiger partial charge in [-0.3, -0.25) is 19.3 Å². The van der Waals surface area contributed by atoms with Gasteiger partial charge < -0.3 is 15.0 Å². The second-order valence-electron chi connectivity index (χ2n) is 5.91. The molecular formula is C17H20ClN3O5. The number of nitrogens with one attached hydrogen (secondary N) is 1. The van der Waals surface area contributed by atoms with E-state index in [9.17, 15) is 19.2 Å². The fourth-order valence-electron chi connectivity index (χ4n) is 2.42. The SMILES string of the molecule is Cc1c(Cl)cccc1NC(=O)COC(=O)CCCN1C(=O)CN(C)C1=O. The molecule has 1 heterocycles. The summed E-state index contributed by atoms with van der Waals surface area (Å²) in [5.74, 6) is -1.34. The first kappa shape index (κ1) is 19.7. The molecule has 2 rings (SSSR count). The molecule has 9 heteroatoms. The summed E-state index contributed by atoms with van der Waals surface area (Å²) < 4.78 is 4.90. The van der Waals surface area contributed by atoms with Gasteiger partial charge in [-0.15, -0.1) is 0 Å². The number of imide groups is 1. The molecule has 1 aromatic rings. The quantitative estimate of drug-likeness (QED) is 0.574. The zero-order valence-electron chi connectivity index (χ0n) is 14.6. The molecule has 4 amide bonds. The van der Waals surface area contributed by atoms with Crippen molar-refractivity contribution < 1.29 is 23.9 Å². The number of likely N-dealkylation sites (N-methyl/N-ethyl adjacent to an activating group) is 1. The number of hydrogen-bond acceptors (Lipinski definition) is 5. The Labute approximate surface area is 156 Å². The van der Waals surface area contributed by atoms with Crippen molar-refractivity contribution in [2.24, 2.45) is 0 Å². The van der Waals surface area contributed by atoms with Gasteiger partial charge in [0.05, 0.1) is 0 Å². The van der Waals surface area contributed by atoms with Crippen LogP contribution >= 0.6 is 11.6 Å². The van der Waals surface area contributed by atoms with E-state index in [1.165, 1.54) is 11.9 Å². The van der Waals surface area contributed by atoms with E-state index in [2.05, 4.69) is 5.32 Å². The first-order valence-electron chi connectivity index (χ1n) is 8.05. The van der Waals surface area contributed by atoms with Crippen LogP contribution in [0.25, 0.3) is 0 Å². The molecule has 0 unspecified atom stereocenters. The number of carbonyl (C=O) groups is 4. The van der Waals surface area contributed by atoms with E-state index in [0.29, 0.717) is 10.7 Å². The van der Waals surface area contributed by atoms with Crippen LogP contribution in [-0.2, 0) is 19.1 Å². The lowest BCUT2D eigenvalue weighted by molar-refractivity contribution is -0.147. The van der Waals surface area contributed by atoms with Crippen molar-refractivity contribution in [2.45, 2.75) is 19.8 Å². The zero-order valence-corrected chi connectivity index (χ0v) is 15.3. The third kappa shape index (κ3) is 4.95. The molecule has 8 nitrogen and oxygen atoms in total. The molecule has 0 aliphatic carbocycles. The Morgan fingerprint density at radius 1 is 1.31 bits per heavy atom. The summed E-state index contributed by atoms with van der Waals surface area (Å²) in [6.07, 6.45) is 0.281. The molecule has 1 saturated heterocycles. The smallest absolute Gasteiger partial charge is 0.326 e. The van der Waals surface area contributed by atoms with E-state index in [1.54, 1.807) is 25.1 Å². The van der Waals surface area contributed by atoms with Gasteiger partial charge in [-0.1, -0.05) is 17.7 Å². The van der Waals surface area contributed by atoms with Crippen LogP contribution in [0.3, 0.4) is 0 Å². The minimum atomic E-state index is -0.574. The minimum absolute atomic E-state index is 0.00421. The summed E-state index contributed by atoms with van der Waals surface area (Å²) in [5.41, 5.74) is 1.27. The number of esters is 1. The van der Waals surface area contributed by atoms with Crippen LogP contribution in [0, 0.1) is 6.92 Å². The third-order valence-corrected chi connectivity index (χ3v) is 4.31. The van der Waals surface area contributed by atoms with Gasteiger partial charge in [0.1, 0.15) is 6.54 Å². The van der Waals surface area contributed by atoms with E-state index in [4.69, 9.17) is 16.3 Å². The van der Waals surface area contributed by atoms with Gasteiger partial charge in [0.2, 0.25) is 5.91 Å². The minimum Gasteiger partial charge on any atom is -0.456 e. The molecule has 1 fully saturated rings. The molecule has 0 atom stereocenters. The number of urea groups is 1. The summed E-state index contributed by atoms with van der Waals surface area (Å²) in [4.78, 5) is 49.2. The molecule has 0 radical (unpaired) electrons. The normalized spacial score (nSPS) is 14.0. The molecule has 140 valence electrons. The highest BCUT2D eigenvalue weighted by molar-refractivity contribution is 6.31. The van der Waals surface area contributed by atoms with E-state index < -0.39 is 18.5 Å². The fourth-order valence-corrected chi connectivity index (χ4v) is 2.59. The lowest BCUT2D eigenvalue weighted by atomic mass is 10.2. The maximum absolute atomic E-state index is 11.9. The number of amides is 4. The van der Waals surface area contributed by atoms with Crippen LogP contribution < -0.4 is 5.32 Å². The van der Waals surface area contributed by atoms with Gasteiger partial charge in [-0.05, 0) is 31.0 Å². The van der Waals surface area contributed by atoms with E-state index in [-0.39, 0.29) is 37.9 Å². The Hall–Kier alpha value is -2.61. The zero-order chi connectivity index (χ0) is 19.3. The second-order valence-corrected chi connectivity index (χ2v) is 6.32. The van der Waals surface area contributed by atoms with E-state index in [1.807, 2.05) is 0 Å². The number of hydrogen-bond donors (Lipinski definition) is 1. The third-order valence-electron chi connectivity index (χ3n) is 3.90. The van der Waals surface area contributed by atoms with Crippen LogP contribution in [0.4, 0.5) is 10.5 Å². The lowest BCUT2D eigenvalue weighted by Gasteiger charge is -2.13. The Kier molecular flexibility index (Phi) is 6.57. The molecule has 0 saturated carbocycles. The highest BCUT2D eigenvalue weighted by Gasteiger charge is 2.32. The van der Waals surface area contributed by atoms with Crippen LogP contribution in [-0.4, -0.2) is 60.4 Å². The molecule has 0 aromatic heterocycles. The molecule has 1 N–H and O–H groups in total. The van der Waals surface area contributed by atoms with Gasteiger partial charge in [-0.2, -0.15) is 0 Å². The molecular weight excluding hydrogens is 362 g/mol. The average molecular weight is 382 g/mol. The Balaban J connectivity index is 1.70. The topological polar surface area (TPSA) is 96.0 Å². The van der Waals surface area contributed by atoms with Crippen molar-refractivity contribution in [1.82, 2.24) is 9.80 Å².